The van der Waals surface area contributed by atoms with Crippen LogP contribution in [0.4, 0.5) is 5.69 Å². The molecule has 6 heteroatoms. The van der Waals surface area contributed by atoms with Gasteiger partial charge in [0, 0.05) is 42.9 Å². The Morgan fingerprint density at radius 2 is 2.22 bits per heavy atom. The molecule has 2 aliphatic heterocycles. The number of benzene rings is 1. The van der Waals surface area contributed by atoms with Gasteiger partial charge in [0.15, 0.2) is 0 Å². The SMILES string of the molecule is C[C@@H]1CN(c2ccc(C#N)c3ncccc23)C[C@H](CN2CCCC2CO)O1. The molecular formula is C21H26N4O2. The third kappa shape index (κ3) is 3.63. The van der Waals surface area contributed by atoms with Crippen LogP contribution >= 0.6 is 0 Å². The van der Waals surface area contributed by atoms with Crippen LogP contribution in [0, 0.1) is 11.3 Å². The third-order valence-corrected chi connectivity index (χ3v) is 5.68. The summed E-state index contributed by atoms with van der Waals surface area (Å²) in [5, 5.41) is 20.0. The summed E-state index contributed by atoms with van der Waals surface area (Å²) < 4.78 is 6.22. The standard InChI is InChI=1S/C21H26N4O2/c1-15-11-25(13-18(27-15)12-24-9-3-4-17(24)14-26)20-7-6-16(10-22)21-19(20)5-2-8-23-21/h2,5-8,15,17-18,26H,3-4,9,11-14H2,1H3/t15-,17?,18+/m1/s1. The molecule has 6 nitrogen and oxygen atoms in total. The van der Waals surface area contributed by atoms with E-state index in [0.717, 1.165) is 55.6 Å². The predicted molar refractivity (Wildman–Crippen MR) is 105 cm³/mol. The number of hydrogen-bond acceptors (Lipinski definition) is 6. The maximum Gasteiger partial charge on any atom is 0.101 e. The zero-order chi connectivity index (χ0) is 18.8. The normalized spacial score (nSPS) is 26.4. The van der Waals surface area contributed by atoms with Gasteiger partial charge in [-0.15, -0.1) is 0 Å². The van der Waals surface area contributed by atoms with E-state index in [9.17, 15) is 10.4 Å². The summed E-state index contributed by atoms with van der Waals surface area (Å²) in [5.41, 5.74) is 2.47. The Morgan fingerprint density at radius 1 is 1.33 bits per heavy atom. The minimum absolute atomic E-state index is 0.100. The first-order valence-electron chi connectivity index (χ1n) is 9.72. The van der Waals surface area contributed by atoms with Crippen LogP contribution in [0.25, 0.3) is 10.9 Å². The Labute approximate surface area is 160 Å². The van der Waals surface area contributed by atoms with Crippen molar-refractivity contribution in [3.05, 3.63) is 36.0 Å². The summed E-state index contributed by atoms with van der Waals surface area (Å²) in [6.07, 6.45) is 4.17. The van der Waals surface area contributed by atoms with Crippen LogP contribution in [0.2, 0.25) is 0 Å². The molecule has 0 bridgehead atoms. The lowest BCUT2D eigenvalue weighted by Gasteiger charge is -2.40. The number of aliphatic hydroxyl groups is 1. The molecule has 1 unspecified atom stereocenters. The van der Waals surface area contributed by atoms with E-state index in [-0.39, 0.29) is 24.9 Å². The molecule has 0 aliphatic carbocycles. The number of likely N-dealkylation sites (tertiary alicyclic amines) is 1. The van der Waals surface area contributed by atoms with Crippen molar-refractivity contribution in [3.8, 4) is 6.07 Å². The molecule has 142 valence electrons. The Morgan fingerprint density at radius 3 is 3.04 bits per heavy atom. The number of hydrogen-bond donors (Lipinski definition) is 1. The summed E-state index contributed by atoms with van der Waals surface area (Å²) in [4.78, 5) is 9.15. The lowest BCUT2D eigenvalue weighted by atomic mass is 10.1. The molecule has 3 heterocycles. The van der Waals surface area contributed by atoms with E-state index in [4.69, 9.17) is 4.74 Å². The maximum absolute atomic E-state index is 9.59. The highest BCUT2D eigenvalue weighted by Crippen LogP contribution is 2.30. The van der Waals surface area contributed by atoms with E-state index in [1.165, 1.54) is 0 Å². The average molecular weight is 366 g/mol. The van der Waals surface area contributed by atoms with Crippen LogP contribution in [-0.2, 0) is 4.74 Å². The van der Waals surface area contributed by atoms with Crippen LogP contribution in [0.5, 0.6) is 0 Å². The topological polar surface area (TPSA) is 72.6 Å². The van der Waals surface area contributed by atoms with Crippen molar-refractivity contribution in [2.45, 2.75) is 38.0 Å². The fraction of sp³-hybridized carbons (Fsp3) is 0.524. The van der Waals surface area contributed by atoms with E-state index in [0.29, 0.717) is 5.56 Å². The van der Waals surface area contributed by atoms with Gasteiger partial charge in [-0.25, -0.2) is 0 Å². The number of rotatable bonds is 4. The molecule has 0 saturated carbocycles. The zero-order valence-corrected chi connectivity index (χ0v) is 15.7. The van der Waals surface area contributed by atoms with Crippen LogP contribution in [0.3, 0.4) is 0 Å². The monoisotopic (exact) mass is 366 g/mol. The molecule has 1 N–H and O–H groups in total. The largest absolute Gasteiger partial charge is 0.395 e. The smallest absolute Gasteiger partial charge is 0.101 e. The average Bonchev–Trinajstić information content (AvgIpc) is 3.13. The summed E-state index contributed by atoms with van der Waals surface area (Å²) >= 11 is 0. The van der Waals surface area contributed by atoms with E-state index >= 15 is 0 Å². The number of anilines is 1. The van der Waals surface area contributed by atoms with E-state index in [1.54, 1.807) is 6.20 Å². The van der Waals surface area contributed by atoms with Crippen molar-refractivity contribution < 1.29 is 9.84 Å². The van der Waals surface area contributed by atoms with Crippen molar-refractivity contribution in [2.24, 2.45) is 0 Å². The quantitative estimate of drug-likeness (QED) is 0.894. The number of fused-ring (bicyclic) bond motifs is 1. The minimum atomic E-state index is 0.100. The second-order valence-corrected chi connectivity index (χ2v) is 7.59. The Hall–Kier alpha value is -2.20. The molecule has 0 amide bonds. The number of pyridine rings is 1. The molecule has 0 radical (unpaired) electrons. The maximum atomic E-state index is 9.59. The minimum Gasteiger partial charge on any atom is -0.395 e. The summed E-state index contributed by atoms with van der Waals surface area (Å²) in [7, 11) is 0. The van der Waals surface area contributed by atoms with E-state index < -0.39 is 0 Å². The third-order valence-electron chi connectivity index (χ3n) is 5.68. The summed E-state index contributed by atoms with van der Waals surface area (Å²) in [6, 6.07) is 10.4. The fourth-order valence-electron chi connectivity index (χ4n) is 4.47. The molecule has 1 aromatic heterocycles. The van der Waals surface area contributed by atoms with Gasteiger partial charge in [-0.2, -0.15) is 5.26 Å². The highest BCUT2D eigenvalue weighted by molar-refractivity contribution is 5.95. The first kappa shape index (κ1) is 18.2. The molecule has 2 aliphatic rings. The van der Waals surface area contributed by atoms with Crippen LogP contribution < -0.4 is 4.90 Å². The number of nitriles is 1. The van der Waals surface area contributed by atoms with Gasteiger partial charge in [-0.05, 0) is 50.6 Å². The highest BCUT2D eigenvalue weighted by atomic mass is 16.5. The molecule has 1 aromatic carbocycles. The molecule has 4 rings (SSSR count). The Bertz CT molecular complexity index is 850. The lowest BCUT2D eigenvalue weighted by molar-refractivity contribution is -0.0362. The number of nitrogens with zero attached hydrogens (tertiary/aromatic N) is 4. The molecule has 27 heavy (non-hydrogen) atoms. The number of ether oxygens (including phenoxy) is 1. The predicted octanol–water partition coefficient (Wildman–Crippen LogP) is 2.16. The second-order valence-electron chi connectivity index (χ2n) is 7.59. The van der Waals surface area contributed by atoms with Crippen molar-refractivity contribution in [1.82, 2.24) is 9.88 Å². The summed E-state index contributed by atoms with van der Waals surface area (Å²) in [6.45, 7) is 5.82. The number of aromatic nitrogens is 1. The van der Waals surface area contributed by atoms with Crippen LogP contribution in [0.1, 0.15) is 25.3 Å². The molecule has 0 spiro atoms. The van der Waals surface area contributed by atoms with Crippen molar-refractivity contribution in [2.75, 3.05) is 37.7 Å². The molecule has 2 aromatic rings. The van der Waals surface area contributed by atoms with Gasteiger partial charge in [-0.3, -0.25) is 9.88 Å². The molecular weight excluding hydrogens is 340 g/mol. The number of morpholine rings is 1. The second kappa shape index (κ2) is 7.81. The lowest BCUT2D eigenvalue weighted by Crippen LogP contribution is -2.51. The summed E-state index contributed by atoms with van der Waals surface area (Å²) in [5.74, 6) is 0. The van der Waals surface area contributed by atoms with Crippen molar-refractivity contribution in [1.29, 1.82) is 5.26 Å². The van der Waals surface area contributed by atoms with E-state index in [1.807, 2.05) is 24.3 Å². The van der Waals surface area contributed by atoms with Gasteiger partial charge in [0.1, 0.15) is 6.07 Å². The van der Waals surface area contributed by atoms with Crippen molar-refractivity contribution >= 4 is 16.6 Å². The molecule has 3 atom stereocenters. The van der Waals surface area contributed by atoms with Gasteiger partial charge in [-0.1, -0.05) is 0 Å². The zero-order valence-electron chi connectivity index (χ0n) is 15.7. The fourth-order valence-corrected chi connectivity index (χ4v) is 4.47. The Balaban J connectivity index is 1.59. The first-order valence-corrected chi connectivity index (χ1v) is 9.72. The number of aliphatic hydroxyl groups excluding tert-OH is 1. The molecule has 2 fully saturated rings. The van der Waals surface area contributed by atoms with Crippen LogP contribution in [-0.4, -0.2) is 66.0 Å². The highest BCUT2D eigenvalue weighted by Gasteiger charge is 2.31. The van der Waals surface area contributed by atoms with Crippen molar-refractivity contribution in [3.63, 3.8) is 0 Å². The van der Waals surface area contributed by atoms with Gasteiger partial charge in [0.25, 0.3) is 0 Å². The molecule has 2 saturated heterocycles. The van der Waals surface area contributed by atoms with Gasteiger partial charge >= 0.3 is 0 Å². The first-order chi connectivity index (χ1) is 13.2. The van der Waals surface area contributed by atoms with E-state index in [2.05, 4.69) is 27.8 Å². The van der Waals surface area contributed by atoms with Gasteiger partial charge in [0.2, 0.25) is 0 Å². The van der Waals surface area contributed by atoms with Gasteiger partial charge < -0.3 is 14.7 Å². The Kier molecular flexibility index (Phi) is 5.26. The van der Waals surface area contributed by atoms with Gasteiger partial charge in [0.05, 0.1) is 29.9 Å². The van der Waals surface area contributed by atoms with Crippen LogP contribution in [0.15, 0.2) is 30.5 Å².